The zero-order valence-corrected chi connectivity index (χ0v) is 14.4. The Labute approximate surface area is 146 Å². The van der Waals surface area contributed by atoms with Crippen LogP contribution in [-0.2, 0) is 29.4 Å². The predicted octanol–water partition coefficient (Wildman–Crippen LogP) is 2.62. The van der Waals surface area contributed by atoms with Gasteiger partial charge in [-0.1, -0.05) is 18.2 Å². The van der Waals surface area contributed by atoms with Gasteiger partial charge in [0.15, 0.2) is 0 Å². The van der Waals surface area contributed by atoms with Gasteiger partial charge in [-0.15, -0.1) is 0 Å². The number of fused-ring (bicyclic) bond motifs is 1. The number of nitrogens with one attached hydrogen (secondary N) is 1. The monoisotopic (exact) mass is 354 g/mol. The van der Waals surface area contributed by atoms with Crippen molar-refractivity contribution in [3.63, 3.8) is 0 Å². The van der Waals surface area contributed by atoms with E-state index < -0.39 is 10.0 Å². The molecule has 1 N–H and O–H groups in total. The Morgan fingerprint density at radius 3 is 2.60 bits per heavy atom. The molecule has 0 unspecified atom stereocenters. The maximum atomic E-state index is 12.6. The minimum atomic E-state index is -3.58. The smallest absolute Gasteiger partial charge is 0.261 e. The van der Waals surface area contributed by atoms with Crippen molar-refractivity contribution in [3.05, 3.63) is 71.8 Å². The Bertz CT molecular complexity index is 980. The van der Waals surface area contributed by atoms with E-state index in [9.17, 15) is 8.42 Å². The minimum absolute atomic E-state index is 0.319. The number of sulfonamides is 1. The van der Waals surface area contributed by atoms with Crippen molar-refractivity contribution in [3.8, 4) is 0 Å². The molecule has 1 aromatic heterocycles. The molecule has 7 heteroatoms. The second-order valence-electron chi connectivity index (χ2n) is 6.18. The van der Waals surface area contributed by atoms with Crippen molar-refractivity contribution in [2.24, 2.45) is 0 Å². The molecule has 4 rings (SSSR count). The standard InChI is InChI=1S/C18H18N4O2S/c23-25(24,18-9-6-15-2-1-3-16(15)10-18)21-17-7-4-14(5-8-17)11-22-13-19-12-20-22/h4-10,12-13,21H,1-3,11H2. The fourth-order valence-electron chi connectivity index (χ4n) is 3.11. The van der Waals surface area contributed by atoms with Gasteiger partial charge in [0, 0.05) is 5.69 Å². The fourth-order valence-corrected chi connectivity index (χ4v) is 4.22. The molecule has 0 amide bonds. The number of anilines is 1. The Morgan fingerprint density at radius 2 is 1.84 bits per heavy atom. The molecule has 2 aromatic carbocycles. The van der Waals surface area contributed by atoms with Crippen molar-refractivity contribution >= 4 is 15.7 Å². The lowest BCUT2D eigenvalue weighted by Crippen LogP contribution is -2.13. The number of nitrogens with zero attached hydrogens (tertiary/aromatic N) is 3. The van der Waals surface area contributed by atoms with Crippen LogP contribution < -0.4 is 4.72 Å². The van der Waals surface area contributed by atoms with E-state index in [0.29, 0.717) is 17.1 Å². The molecule has 0 bridgehead atoms. The fraction of sp³-hybridized carbons (Fsp3) is 0.222. The van der Waals surface area contributed by atoms with Gasteiger partial charge >= 0.3 is 0 Å². The third-order valence-electron chi connectivity index (χ3n) is 4.40. The SMILES string of the molecule is O=S(=O)(Nc1ccc(Cn2cncn2)cc1)c1ccc2c(c1)CCC2. The Balaban J connectivity index is 1.50. The van der Waals surface area contributed by atoms with E-state index in [4.69, 9.17) is 0 Å². The Kier molecular flexibility index (Phi) is 4.01. The van der Waals surface area contributed by atoms with Crippen molar-refractivity contribution in [2.45, 2.75) is 30.7 Å². The van der Waals surface area contributed by atoms with E-state index in [1.165, 1.54) is 11.9 Å². The number of benzene rings is 2. The second kappa shape index (κ2) is 6.33. The summed E-state index contributed by atoms with van der Waals surface area (Å²) in [5.74, 6) is 0. The second-order valence-corrected chi connectivity index (χ2v) is 7.86. The van der Waals surface area contributed by atoms with Crippen LogP contribution in [0, 0.1) is 0 Å². The lowest BCUT2D eigenvalue weighted by Gasteiger charge is -2.10. The first-order chi connectivity index (χ1) is 12.1. The highest BCUT2D eigenvalue weighted by atomic mass is 32.2. The van der Waals surface area contributed by atoms with Gasteiger partial charge in [-0.05, 0) is 60.2 Å². The molecule has 0 saturated carbocycles. The molecule has 0 spiro atoms. The van der Waals surface area contributed by atoms with Crippen LogP contribution in [0.4, 0.5) is 5.69 Å². The van der Waals surface area contributed by atoms with E-state index in [2.05, 4.69) is 14.8 Å². The van der Waals surface area contributed by atoms with Gasteiger partial charge in [0.05, 0.1) is 11.4 Å². The quantitative estimate of drug-likeness (QED) is 0.764. The molecule has 25 heavy (non-hydrogen) atoms. The van der Waals surface area contributed by atoms with Crippen LogP contribution in [0.1, 0.15) is 23.1 Å². The van der Waals surface area contributed by atoms with Crippen LogP contribution in [0.2, 0.25) is 0 Å². The highest BCUT2D eigenvalue weighted by Crippen LogP contribution is 2.26. The van der Waals surface area contributed by atoms with E-state index in [0.717, 1.165) is 30.4 Å². The molecule has 1 aliphatic rings. The lowest BCUT2D eigenvalue weighted by atomic mass is 10.1. The van der Waals surface area contributed by atoms with E-state index in [1.54, 1.807) is 35.3 Å². The van der Waals surface area contributed by atoms with Crippen LogP contribution in [0.5, 0.6) is 0 Å². The number of aryl methyl sites for hydroxylation is 2. The molecule has 0 aliphatic heterocycles. The largest absolute Gasteiger partial charge is 0.280 e. The first-order valence-corrected chi connectivity index (χ1v) is 9.64. The molecule has 1 heterocycles. The summed E-state index contributed by atoms with van der Waals surface area (Å²) in [6, 6.07) is 12.7. The maximum absolute atomic E-state index is 12.6. The summed E-state index contributed by atoms with van der Waals surface area (Å²) in [5, 5.41) is 4.06. The van der Waals surface area contributed by atoms with Crippen LogP contribution in [0.15, 0.2) is 60.0 Å². The molecule has 6 nitrogen and oxygen atoms in total. The van der Waals surface area contributed by atoms with Crippen LogP contribution in [0.3, 0.4) is 0 Å². The highest BCUT2D eigenvalue weighted by Gasteiger charge is 2.18. The zero-order valence-electron chi connectivity index (χ0n) is 13.6. The number of hydrogen-bond donors (Lipinski definition) is 1. The van der Waals surface area contributed by atoms with Crippen molar-refractivity contribution < 1.29 is 8.42 Å². The van der Waals surface area contributed by atoms with Gasteiger partial charge in [0.25, 0.3) is 10.0 Å². The van der Waals surface area contributed by atoms with Gasteiger partial charge in [0.2, 0.25) is 0 Å². The van der Waals surface area contributed by atoms with E-state index >= 15 is 0 Å². The molecular formula is C18H18N4O2S. The molecule has 128 valence electrons. The number of rotatable bonds is 5. The summed E-state index contributed by atoms with van der Waals surface area (Å²) in [4.78, 5) is 4.22. The first-order valence-electron chi connectivity index (χ1n) is 8.16. The lowest BCUT2D eigenvalue weighted by molar-refractivity contribution is 0.601. The van der Waals surface area contributed by atoms with Crippen LogP contribution in [-0.4, -0.2) is 23.2 Å². The Hall–Kier alpha value is -2.67. The van der Waals surface area contributed by atoms with Gasteiger partial charge in [-0.25, -0.2) is 18.1 Å². The van der Waals surface area contributed by atoms with Crippen LogP contribution >= 0.6 is 0 Å². The molecule has 0 radical (unpaired) electrons. The average Bonchev–Trinajstić information content (AvgIpc) is 3.27. The molecule has 3 aromatic rings. The predicted molar refractivity (Wildman–Crippen MR) is 94.8 cm³/mol. The Morgan fingerprint density at radius 1 is 1.04 bits per heavy atom. The summed E-state index contributed by atoms with van der Waals surface area (Å²) < 4.78 is 29.6. The highest BCUT2D eigenvalue weighted by molar-refractivity contribution is 7.92. The zero-order chi connectivity index (χ0) is 17.3. The van der Waals surface area contributed by atoms with Gasteiger partial charge in [-0.3, -0.25) is 4.72 Å². The molecule has 0 fully saturated rings. The van der Waals surface area contributed by atoms with Gasteiger partial charge < -0.3 is 0 Å². The maximum Gasteiger partial charge on any atom is 0.261 e. The number of aromatic nitrogens is 3. The third kappa shape index (κ3) is 3.41. The number of hydrogen-bond acceptors (Lipinski definition) is 4. The normalized spacial score (nSPS) is 13.6. The minimum Gasteiger partial charge on any atom is -0.280 e. The van der Waals surface area contributed by atoms with Crippen molar-refractivity contribution in [1.29, 1.82) is 0 Å². The summed E-state index contributed by atoms with van der Waals surface area (Å²) in [7, 11) is -3.58. The molecular weight excluding hydrogens is 336 g/mol. The molecule has 0 atom stereocenters. The van der Waals surface area contributed by atoms with E-state index in [1.807, 2.05) is 18.2 Å². The summed E-state index contributed by atoms with van der Waals surface area (Å²) in [5.41, 5.74) is 3.97. The van der Waals surface area contributed by atoms with E-state index in [-0.39, 0.29) is 0 Å². The molecule has 1 aliphatic carbocycles. The average molecular weight is 354 g/mol. The van der Waals surface area contributed by atoms with Crippen molar-refractivity contribution in [1.82, 2.24) is 14.8 Å². The van der Waals surface area contributed by atoms with Crippen LogP contribution in [0.25, 0.3) is 0 Å². The summed E-state index contributed by atoms with van der Waals surface area (Å²) in [6.07, 6.45) is 6.22. The summed E-state index contributed by atoms with van der Waals surface area (Å²) in [6.45, 7) is 0.595. The van der Waals surface area contributed by atoms with Crippen molar-refractivity contribution in [2.75, 3.05) is 4.72 Å². The third-order valence-corrected chi connectivity index (χ3v) is 5.78. The summed E-state index contributed by atoms with van der Waals surface area (Å²) >= 11 is 0. The first kappa shape index (κ1) is 15.8. The topological polar surface area (TPSA) is 76.9 Å². The van der Waals surface area contributed by atoms with Gasteiger partial charge in [0.1, 0.15) is 12.7 Å². The molecule has 0 saturated heterocycles. The van der Waals surface area contributed by atoms with Gasteiger partial charge in [-0.2, -0.15) is 5.10 Å².